The molecule has 0 aromatic rings. The standard InChI is InChI=1S/C28H44O4/c1-18(8-9-19(2)28(5,32)17-29)24-12-13-25-21(7-6-14-27(24,25)4)10-11-22-15-23(30)16-26(31)20(22)3/h8-11,18-19,23-26,29-32H,3,6-7,12-17H2,1-2,4-5H3/t18-,19+,23-,24-,25?,26-,27-,28+/m1/s1. The van der Waals surface area contributed by atoms with Crippen molar-refractivity contribution in [3.8, 4) is 0 Å². The zero-order valence-electron chi connectivity index (χ0n) is 20.4. The van der Waals surface area contributed by atoms with Gasteiger partial charge in [0, 0.05) is 12.3 Å². The molecule has 32 heavy (non-hydrogen) atoms. The lowest BCUT2D eigenvalue weighted by Gasteiger charge is -2.44. The Morgan fingerprint density at radius 3 is 2.59 bits per heavy atom. The fourth-order valence-corrected chi connectivity index (χ4v) is 6.44. The predicted octanol–water partition coefficient (Wildman–Crippen LogP) is 4.70. The summed E-state index contributed by atoms with van der Waals surface area (Å²) in [6.45, 7) is 12.2. The normalized spacial score (nSPS) is 39.9. The smallest absolute Gasteiger partial charge is 0.0908 e. The van der Waals surface area contributed by atoms with Crippen molar-refractivity contribution in [3.63, 3.8) is 0 Å². The van der Waals surface area contributed by atoms with Gasteiger partial charge in [-0.25, -0.2) is 0 Å². The second-order valence-corrected chi connectivity index (χ2v) is 11.2. The quantitative estimate of drug-likeness (QED) is 0.448. The highest BCUT2D eigenvalue weighted by Gasteiger charge is 2.50. The molecule has 1 unspecified atom stereocenters. The third kappa shape index (κ3) is 5.14. The molecule has 3 rings (SSSR count). The maximum atomic E-state index is 10.3. The van der Waals surface area contributed by atoms with Gasteiger partial charge < -0.3 is 20.4 Å². The monoisotopic (exact) mass is 444 g/mol. The van der Waals surface area contributed by atoms with Crippen molar-refractivity contribution in [2.45, 2.75) is 90.4 Å². The highest BCUT2D eigenvalue weighted by molar-refractivity contribution is 5.38. The maximum absolute atomic E-state index is 10.3. The minimum Gasteiger partial charge on any atom is -0.393 e. The van der Waals surface area contributed by atoms with Crippen LogP contribution in [0.25, 0.3) is 0 Å². The van der Waals surface area contributed by atoms with Crippen molar-refractivity contribution in [2.24, 2.45) is 29.1 Å². The lowest BCUT2D eigenvalue weighted by Crippen LogP contribution is -2.36. The summed E-state index contributed by atoms with van der Waals surface area (Å²) < 4.78 is 0. The third-order valence-electron chi connectivity index (χ3n) is 8.94. The molecule has 180 valence electrons. The van der Waals surface area contributed by atoms with Gasteiger partial charge in [0.15, 0.2) is 0 Å². The zero-order valence-corrected chi connectivity index (χ0v) is 20.4. The summed E-state index contributed by atoms with van der Waals surface area (Å²) in [4.78, 5) is 0. The highest BCUT2D eigenvalue weighted by atomic mass is 16.3. The van der Waals surface area contributed by atoms with Crippen molar-refractivity contribution >= 4 is 0 Å². The van der Waals surface area contributed by atoms with Gasteiger partial charge in [-0.1, -0.05) is 57.2 Å². The topological polar surface area (TPSA) is 80.9 Å². The average Bonchev–Trinajstić information content (AvgIpc) is 3.10. The van der Waals surface area contributed by atoms with Crippen molar-refractivity contribution < 1.29 is 20.4 Å². The first kappa shape index (κ1) is 25.4. The highest BCUT2D eigenvalue weighted by Crippen LogP contribution is 2.59. The van der Waals surface area contributed by atoms with Crippen LogP contribution in [-0.4, -0.2) is 44.8 Å². The Labute approximate surface area is 194 Å². The summed E-state index contributed by atoms with van der Waals surface area (Å²) in [6.07, 6.45) is 14.5. The van der Waals surface area contributed by atoms with Gasteiger partial charge in [-0.2, -0.15) is 0 Å². The van der Waals surface area contributed by atoms with Crippen LogP contribution in [0.2, 0.25) is 0 Å². The summed E-state index contributed by atoms with van der Waals surface area (Å²) >= 11 is 0. The van der Waals surface area contributed by atoms with Crippen LogP contribution in [0, 0.1) is 29.1 Å². The molecular formula is C28H44O4. The van der Waals surface area contributed by atoms with E-state index in [2.05, 4.69) is 44.7 Å². The molecule has 0 saturated heterocycles. The van der Waals surface area contributed by atoms with Gasteiger partial charge in [0.25, 0.3) is 0 Å². The largest absolute Gasteiger partial charge is 0.393 e. The van der Waals surface area contributed by atoms with E-state index in [9.17, 15) is 20.4 Å². The number of hydrogen-bond acceptors (Lipinski definition) is 4. The average molecular weight is 445 g/mol. The van der Waals surface area contributed by atoms with Crippen molar-refractivity contribution in [1.82, 2.24) is 0 Å². The van der Waals surface area contributed by atoms with E-state index < -0.39 is 17.8 Å². The van der Waals surface area contributed by atoms with E-state index >= 15 is 0 Å². The Balaban J connectivity index is 1.75. The Morgan fingerprint density at radius 1 is 1.19 bits per heavy atom. The van der Waals surface area contributed by atoms with Crippen LogP contribution < -0.4 is 0 Å². The van der Waals surface area contributed by atoms with E-state index in [0.29, 0.717) is 30.6 Å². The van der Waals surface area contributed by atoms with Gasteiger partial charge in [-0.15, -0.1) is 0 Å². The Morgan fingerprint density at radius 2 is 1.91 bits per heavy atom. The number of rotatable bonds is 6. The molecule has 0 heterocycles. The van der Waals surface area contributed by atoms with Gasteiger partial charge >= 0.3 is 0 Å². The van der Waals surface area contributed by atoms with Crippen LogP contribution in [0.3, 0.4) is 0 Å². The first-order chi connectivity index (χ1) is 15.0. The molecule has 3 saturated carbocycles. The van der Waals surface area contributed by atoms with Gasteiger partial charge in [-0.3, -0.25) is 0 Å². The SMILES string of the molecule is C=C1C(=CC=C2CCC[C@@]3(C)C2CC[C@@H]3[C@H](C)C=C[C@H](C)[C@@](C)(O)CO)C[C@@H](O)C[C@H]1O. The van der Waals surface area contributed by atoms with Gasteiger partial charge in [0.05, 0.1) is 24.4 Å². The molecule has 0 aromatic heterocycles. The van der Waals surface area contributed by atoms with Gasteiger partial charge in [-0.05, 0) is 79.8 Å². The first-order valence-corrected chi connectivity index (χ1v) is 12.5. The van der Waals surface area contributed by atoms with Crippen molar-refractivity contribution in [3.05, 3.63) is 47.6 Å². The van der Waals surface area contributed by atoms with Gasteiger partial charge in [0.2, 0.25) is 0 Å². The molecule has 0 aliphatic heterocycles. The fourth-order valence-electron chi connectivity index (χ4n) is 6.44. The number of fused-ring (bicyclic) bond motifs is 1. The lowest BCUT2D eigenvalue weighted by atomic mass is 9.61. The van der Waals surface area contributed by atoms with E-state index in [1.807, 2.05) is 6.92 Å². The molecule has 8 atom stereocenters. The molecule has 0 spiro atoms. The van der Waals surface area contributed by atoms with Crippen LogP contribution in [0.1, 0.15) is 72.6 Å². The van der Waals surface area contributed by atoms with Crippen LogP contribution in [-0.2, 0) is 0 Å². The molecule has 3 fully saturated rings. The van der Waals surface area contributed by atoms with Crippen molar-refractivity contribution in [1.29, 1.82) is 0 Å². The minimum atomic E-state index is -1.09. The molecule has 4 nitrogen and oxygen atoms in total. The summed E-state index contributed by atoms with van der Waals surface area (Å²) in [5.41, 5.74) is 2.41. The molecule has 0 radical (unpaired) electrons. The van der Waals surface area contributed by atoms with E-state index in [1.165, 1.54) is 31.3 Å². The molecule has 4 heteroatoms. The molecule has 0 aromatic carbocycles. The predicted molar refractivity (Wildman–Crippen MR) is 130 cm³/mol. The van der Waals surface area contributed by atoms with Crippen LogP contribution in [0.4, 0.5) is 0 Å². The van der Waals surface area contributed by atoms with Crippen LogP contribution >= 0.6 is 0 Å². The first-order valence-electron chi connectivity index (χ1n) is 12.5. The maximum Gasteiger partial charge on any atom is 0.0908 e. The second kappa shape index (κ2) is 9.97. The van der Waals surface area contributed by atoms with Crippen LogP contribution in [0.5, 0.6) is 0 Å². The zero-order chi connectivity index (χ0) is 23.7. The van der Waals surface area contributed by atoms with Gasteiger partial charge in [0.1, 0.15) is 0 Å². The Kier molecular flexibility index (Phi) is 7.92. The van der Waals surface area contributed by atoms with E-state index in [-0.39, 0.29) is 17.9 Å². The Hall–Kier alpha value is -1.20. The summed E-state index contributed by atoms with van der Waals surface area (Å²) in [6, 6.07) is 0. The number of aliphatic hydroxyl groups is 4. The van der Waals surface area contributed by atoms with E-state index in [1.54, 1.807) is 6.92 Å². The molecule has 4 N–H and O–H groups in total. The summed E-state index contributed by atoms with van der Waals surface area (Å²) in [5, 5.41) is 39.9. The molecular weight excluding hydrogens is 400 g/mol. The number of hydrogen-bond donors (Lipinski definition) is 4. The molecule has 3 aliphatic carbocycles. The number of aliphatic hydroxyl groups excluding tert-OH is 3. The molecule has 3 aliphatic rings. The summed E-state index contributed by atoms with van der Waals surface area (Å²) in [5.74, 6) is 1.49. The Bertz CT molecular complexity index is 776. The minimum absolute atomic E-state index is 0.0947. The summed E-state index contributed by atoms with van der Waals surface area (Å²) in [7, 11) is 0. The van der Waals surface area contributed by atoms with Crippen LogP contribution in [0.15, 0.2) is 47.6 Å². The fraction of sp³-hybridized carbons (Fsp3) is 0.714. The van der Waals surface area contributed by atoms with E-state index in [0.717, 1.165) is 17.6 Å². The number of allylic oxidation sites excluding steroid dienone is 4. The molecule has 0 amide bonds. The third-order valence-corrected chi connectivity index (χ3v) is 8.94. The lowest BCUT2D eigenvalue weighted by molar-refractivity contribution is -0.0266. The van der Waals surface area contributed by atoms with Crippen molar-refractivity contribution in [2.75, 3.05) is 6.61 Å². The molecule has 0 bridgehead atoms. The second-order valence-electron chi connectivity index (χ2n) is 11.2. The van der Waals surface area contributed by atoms with E-state index in [4.69, 9.17) is 0 Å².